The summed E-state index contributed by atoms with van der Waals surface area (Å²) in [5, 5.41) is 4.40. The van der Waals surface area contributed by atoms with E-state index < -0.39 is 0 Å². The number of aromatic nitrogens is 2. The predicted octanol–water partition coefficient (Wildman–Crippen LogP) is 3.03. The Kier molecular flexibility index (Phi) is 3.72. The first-order valence-corrected chi connectivity index (χ1v) is 7.63. The standard InChI is InChI=1S/C17H23N3O/c1-3-20-15(14(21-2)12-19-20)16(18)17(10-7-11-17)13-8-5-4-6-9-13/h4-6,8-9,12,16H,3,7,10-11,18H2,1-2H3. The van der Waals surface area contributed by atoms with E-state index in [9.17, 15) is 0 Å². The van der Waals surface area contributed by atoms with E-state index in [0.29, 0.717) is 0 Å². The third kappa shape index (κ3) is 2.14. The van der Waals surface area contributed by atoms with Crippen LogP contribution in [0.3, 0.4) is 0 Å². The molecule has 112 valence electrons. The van der Waals surface area contributed by atoms with Crippen molar-refractivity contribution in [2.75, 3.05) is 7.11 Å². The minimum absolute atomic E-state index is 0.0154. The molecule has 1 aromatic heterocycles. The van der Waals surface area contributed by atoms with Crippen molar-refractivity contribution in [1.29, 1.82) is 0 Å². The molecule has 1 heterocycles. The van der Waals surface area contributed by atoms with E-state index >= 15 is 0 Å². The first kappa shape index (κ1) is 14.1. The van der Waals surface area contributed by atoms with Gasteiger partial charge in [0, 0.05) is 12.0 Å². The Hall–Kier alpha value is -1.81. The molecule has 2 aromatic rings. The fraction of sp³-hybridized carbons (Fsp3) is 0.471. The number of benzene rings is 1. The Morgan fingerprint density at radius 3 is 2.57 bits per heavy atom. The number of ether oxygens (including phenoxy) is 1. The minimum atomic E-state index is -0.0916. The van der Waals surface area contributed by atoms with Crippen LogP contribution >= 0.6 is 0 Å². The van der Waals surface area contributed by atoms with Crippen molar-refractivity contribution in [2.45, 2.75) is 44.2 Å². The van der Waals surface area contributed by atoms with Crippen LogP contribution in [0.5, 0.6) is 5.75 Å². The average molecular weight is 285 g/mol. The summed E-state index contributed by atoms with van der Waals surface area (Å²) in [4.78, 5) is 0. The van der Waals surface area contributed by atoms with Crippen molar-refractivity contribution >= 4 is 0 Å². The minimum Gasteiger partial charge on any atom is -0.493 e. The van der Waals surface area contributed by atoms with Crippen molar-refractivity contribution in [3.63, 3.8) is 0 Å². The first-order chi connectivity index (χ1) is 10.2. The molecule has 1 saturated carbocycles. The van der Waals surface area contributed by atoms with E-state index in [1.165, 1.54) is 12.0 Å². The first-order valence-electron chi connectivity index (χ1n) is 7.63. The smallest absolute Gasteiger partial charge is 0.161 e. The summed E-state index contributed by atoms with van der Waals surface area (Å²) >= 11 is 0. The Labute approximate surface area is 125 Å². The second-order valence-corrected chi connectivity index (χ2v) is 5.77. The van der Waals surface area contributed by atoms with E-state index in [1.807, 2.05) is 4.68 Å². The molecular formula is C17H23N3O. The zero-order chi connectivity index (χ0) is 14.9. The number of methoxy groups -OCH3 is 1. The zero-order valence-corrected chi connectivity index (χ0v) is 12.7. The van der Waals surface area contributed by atoms with Crippen LogP contribution in [0, 0.1) is 0 Å². The van der Waals surface area contributed by atoms with Crippen LogP contribution < -0.4 is 10.5 Å². The summed E-state index contributed by atoms with van der Waals surface area (Å²) in [5.41, 5.74) is 9.08. The van der Waals surface area contributed by atoms with Crippen LogP contribution in [0.1, 0.15) is 43.5 Å². The van der Waals surface area contributed by atoms with Gasteiger partial charge in [0.1, 0.15) is 0 Å². The molecule has 0 saturated heterocycles. The summed E-state index contributed by atoms with van der Waals surface area (Å²) < 4.78 is 7.45. The maximum atomic E-state index is 6.72. The van der Waals surface area contributed by atoms with Gasteiger partial charge in [-0.3, -0.25) is 4.68 Å². The van der Waals surface area contributed by atoms with Crippen LogP contribution in [0.15, 0.2) is 36.5 Å². The molecule has 1 fully saturated rings. The lowest BCUT2D eigenvalue weighted by molar-refractivity contribution is 0.187. The second kappa shape index (κ2) is 5.53. The van der Waals surface area contributed by atoms with Crippen LogP contribution in [0.25, 0.3) is 0 Å². The molecule has 1 aliphatic rings. The van der Waals surface area contributed by atoms with Crippen molar-refractivity contribution in [3.05, 3.63) is 47.8 Å². The molecule has 1 aromatic carbocycles. The summed E-state index contributed by atoms with van der Waals surface area (Å²) in [6.07, 6.45) is 5.24. The highest BCUT2D eigenvalue weighted by Gasteiger charge is 2.46. The molecule has 0 amide bonds. The van der Waals surface area contributed by atoms with Gasteiger partial charge in [0.2, 0.25) is 0 Å². The number of nitrogens with zero attached hydrogens (tertiary/aromatic N) is 2. The topological polar surface area (TPSA) is 53.1 Å². The highest BCUT2D eigenvalue weighted by Crippen LogP contribution is 2.52. The SMILES string of the molecule is CCn1ncc(OC)c1C(N)C1(c2ccccc2)CCC1. The van der Waals surface area contributed by atoms with Gasteiger partial charge < -0.3 is 10.5 Å². The van der Waals surface area contributed by atoms with Crippen LogP contribution in [-0.2, 0) is 12.0 Å². The van der Waals surface area contributed by atoms with E-state index in [4.69, 9.17) is 10.5 Å². The summed E-state index contributed by atoms with van der Waals surface area (Å²) in [6, 6.07) is 10.5. The van der Waals surface area contributed by atoms with Gasteiger partial charge in [-0.2, -0.15) is 5.10 Å². The second-order valence-electron chi connectivity index (χ2n) is 5.77. The fourth-order valence-corrected chi connectivity index (χ4v) is 3.47. The molecule has 3 rings (SSSR count). The van der Waals surface area contributed by atoms with Crippen LogP contribution in [0.4, 0.5) is 0 Å². The van der Waals surface area contributed by atoms with Gasteiger partial charge in [0.05, 0.1) is 25.0 Å². The molecule has 2 N–H and O–H groups in total. The number of nitrogens with two attached hydrogens (primary N) is 1. The molecule has 0 radical (unpaired) electrons. The Bertz CT molecular complexity index is 580. The van der Waals surface area contributed by atoms with Crippen molar-refractivity contribution in [1.82, 2.24) is 9.78 Å². The van der Waals surface area contributed by atoms with Gasteiger partial charge in [-0.15, -0.1) is 0 Å². The highest BCUT2D eigenvalue weighted by molar-refractivity contribution is 5.38. The molecule has 0 aliphatic heterocycles. The zero-order valence-electron chi connectivity index (χ0n) is 12.7. The number of rotatable bonds is 5. The molecule has 21 heavy (non-hydrogen) atoms. The normalized spacial score (nSPS) is 18.0. The summed E-state index contributed by atoms with van der Waals surface area (Å²) in [5.74, 6) is 0.798. The molecule has 0 bridgehead atoms. The molecular weight excluding hydrogens is 262 g/mol. The average Bonchev–Trinajstić information content (AvgIpc) is 2.90. The fourth-order valence-electron chi connectivity index (χ4n) is 3.47. The molecule has 1 aliphatic carbocycles. The largest absolute Gasteiger partial charge is 0.493 e. The van der Waals surface area contributed by atoms with Gasteiger partial charge in [0.25, 0.3) is 0 Å². The number of aryl methyl sites for hydroxylation is 1. The molecule has 1 atom stereocenters. The van der Waals surface area contributed by atoms with Crippen LogP contribution in [-0.4, -0.2) is 16.9 Å². The van der Waals surface area contributed by atoms with Gasteiger partial charge in [-0.1, -0.05) is 36.8 Å². The third-order valence-corrected chi connectivity index (χ3v) is 4.85. The summed E-state index contributed by atoms with van der Waals surface area (Å²) in [7, 11) is 1.68. The Morgan fingerprint density at radius 2 is 2.05 bits per heavy atom. The summed E-state index contributed by atoms with van der Waals surface area (Å²) in [6.45, 7) is 2.88. The van der Waals surface area contributed by atoms with Crippen LogP contribution in [0.2, 0.25) is 0 Å². The van der Waals surface area contributed by atoms with Crippen molar-refractivity contribution < 1.29 is 4.74 Å². The quantitative estimate of drug-likeness (QED) is 0.918. The van der Waals surface area contributed by atoms with E-state index in [0.717, 1.165) is 30.8 Å². The Morgan fingerprint density at radius 1 is 1.33 bits per heavy atom. The molecule has 4 heteroatoms. The van der Waals surface area contributed by atoms with Gasteiger partial charge >= 0.3 is 0 Å². The lowest BCUT2D eigenvalue weighted by Gasteiger charge is -2.47. The number of hydrogen-bond donors (Lipinski definition) is 1. The lowest BCUT2D eigenvalue weighted by Crippen LogP contribution is -2.45. The third-order valence-electron chi connectivity index (χ3n) is 4.85. The molecule has 1 unspecified atom stereocenters. The van der Waals surface area contributed by atoms with Gasteiger partial charge in [-0.25, -0.2) is 0 Å². The van der Waals surface area contributed by atoms with E-state index in [1.54, 1.807) is 13.3 Å². The van der Waals surface area contributed by atoms with Crippen molar-refractivity contribution in [2.24, 2.45) is 5.73 Å². The van der Waals surface area contributed by atoms with E-state index in [2.05, 4.69) is 42.4 Å². The number of hydrogen-bond acceptors (Lipinski definition) is 3. The van der Waals surface area contributed by atoms with Crippen molar-refractivity contribution in [3.8, 4) is 5.75 Å². The lowest BCUT2D eigenvalue weighted by atomic mass is 9.59. The van der Waals surface area contributed by atoms with E-state index in [-0.39, 0.29) is 11.5 Å². The monoisotopic (exact) mass is 285 g/mol. The molecule has 4 nitrogen and oxygen atoms in total. The highest BCUT2D eigenvalue weighted by atomic mass is 16.5. The Balaban J connectivity index is 2.04. The van der Waals surface area contributed by atoms with Gasteiger partial charge in [0.15, 0.2) is 5.75 Å². The maximum Gasteiger partial charge on any atom is 0.161 e. The van der Waals surface area contributed by atoms with Gasteiger partial charge in [-0.05, 0) is 25.3 Å². The molecule has 0 spiro atoms. The maximum absolute atomic E-state index is 6.72. The predicted molar refractivity (Wildman–Crippen MR) is 83.4 cm³/mol.